The summed E-state index contributed by atoms with van der Waals surface area (Å²) in [5.41, 5.74) is -0.260. The number of aryl methyl sites for hydroxylation is 1. The molecule has 1 aromatic carbocycles. The first-order valence-corrected chi connectivity index (χ1v) is 9.92. The zero-order valence-electron chi connectivity index (χ0n) is 14.7. The van der Waals surface area contributed by atoms with E-state index in [9.17, 15) is 23.3 Å². The van der Waals surface area contributed by atoms with Gasteiger partial charge in [0.1, 0.15) is 16.3 Å². The second-order valence-electron chi connectivity index (χ2n) is 5.95. The van der Waals surface area contributed by atoms with Crippen LogP contribution in [-0.4, -0.2) is 54.5 Å². The first-order valence-electron chi connectivity index (χ1n) is 8.10. The van der Waals surface area contributed by atoms with Crippen molar-refractivity contribution in [3.05, 3.63) is 51.3 Å². The van der Waals surface area contributed by atoms with Gasteiger partial charge in [-0.3, -0.25) is 10.1 Å². The quantitative estimate of drug-likeness (QED) is 0.307. The number of morpholine rings is 1. The van der Waals surface area contributed by atoms with Crippen molar-refractivity contribution in [2.75, 3.05) is 26.3 Å². The Kier molecular flexibility index (Phi) is 5.70. The van der Waals surface area contributed by atoms with Gasteiger partial charge in [0.2, 0.25) is 10.0 Å². The maximum Gasteiger partial charge on any atom is 0.360 e. The number of hydrogen-bond acceptors (Lipinski definition) is 7. The number of carbonyl (C=O) groups is 1. The van der Waals surface area contributed by atoms with E-state index < -0.39 is 20.9 Å². The van der Waals surface area contributed by atoms with Gasteiger partial charge >= 0.3 is 5.97 Å². The van der Waals surface area contributed by atoms with Crippen molar-refractivity contribution in [1.82, 2.24) is 8.87 Å². The molecule has 0 bridgehead atoms. The van der Waals surface area contributed by atoms with Crippen LogP contribution in [0.1, 0.15) is 10.5 Å². The van der Waals surface area contributed by atoms with E-state index in [2.05, 4.69) is 0 Å². The molecule has 2 heterocycles. The van der Waals surface area contributed by atoms with E-state index in [4.69, 9.17) is 21.1 Å². The van der Waals surface area contributed by atoms with Crippen molar-refractivity contribution in [2.45, 2.75) is 4.90 Å². The number of nitro groups is 1. The summed E-state index contributed by atoms with van der Waals surface area (Å²) in [7, 11) is -2.26. The molecule has 0 aliphatic carbocycles. The Bertz CT molecular complexity index is 1030. The van der Waals surface area contributed by atoms with Crippen LogP contribution in [0.5, 0.6) is 5.75 Å². The number of nitro benzene ring substituents is 1. The summed E-state index contributed by atoms with van der Waals surface area (Å²) in [6, 6.07) is 4.62. The predicted molar refractivity (Wildman–Crippen MR) is 98.1 cm³/mol. The molecule has 28 heavy (non-hydrogen) atoms. The Morgan fingerprint density at radius 1 is 1.29 bits per heavy atom. The number of non-ortho nitro benzene ring substituents is 1. The second-order valence-corrected chi connectivity index (χ2v) is 8.29. The van der Waals surface area contributed by atoms with E-state index in [1.54, 1.807) is 0 Å². The largest absolute Gasteiger partial charge is 0.420 e. The average Bonchev–Trinajstić information content (AvgIpc) is 3.06. The van der Waals surface area contributed by atoms with E-state index in [0.717, 1.165) is 12.1 Å². The summed E-state index contributed by atoms with van der Waals surface area (Å²) < 4.78 is 38.4. The van der Waals surface area contributed by atoms with Gasteiger partial charge in [-0.15, -0.1) is 0 Å². The van der Waals surface area contributed by atoms with E-state index in [-0.39, 0.29) is 40.1 Å². The number of ether oxygens (including phenoxy) is 2. The van der Waals surface area contributed by atoms with E-state index >= 15 is 0 Å². The maximum absolute atomic E-state index is 12.7. The average molecular weight is 430 g/mol. The number of aromatic nitrogens is 1. The minimum Gasteiger partial charge on any atom is -0.420 e. The van der Waals surface area contributed by atoms with Crippen LogP contribution in [-0.2, 0) is 21.8 Å². The molecule has 1 aromatic heterocycles. The third-order valence-corrected chi connectivity index (χ3v) is 6.29. The van der Waals surface area contributed by atoms with Crippen LogP contribution in [0.2, 0.25) is 5.02 Å². The summed E-state index contributed by atoms with van der Waals surface area (Å²) in [4.78, 5) is 22.5. The number of benzene rings is 1. The molecule has 3 rings (SSSR count). The van der Waals surface area contributed by atoms with Crippen LogP contribution < -0.4 is 4.74 Å². The highest BCUT2D eigenvalue weighted by Gasteiger charge is 2.29. The second kappa shape index (κ2) is 7.87. The van der Waals surface area contributed by atoms with Gasteiger partial charge in [0.15, 0.2) is 0 Å². The molecule has 1 saturated heterocycles. The SMILES string of the molecule is Cn1cc(S(=O)(=O)N2CCOCC2)cc1C(=O)Oc1ccc([N+](=O)[O-])cc1Cl. The molecule has 1 aliphatic heterocycles. The van der Waals surface area contributed by atoms with Gasteiger partial charge in [0.05, 0.1) is 23.2 Å². The molecule has 10 nitrogen and oxygen atoms in total. The number of nitrogens with zero attached hydrogens (tertiary/aromatic N) is 3. The van der Waals surface area contributed by atoms with E-state index in [1.807, 2.05) is 0 Å². The zero-order chi connectivity index (χ0) is 20.5. The highest BCUT2D eigenvalue weighted by Crippen LogP contribution is 2.29. The van der Waals surface area contributed by atoms with Gasteiger partial charge in [0.25, 0.3) is 5.69 Å². The lowest BCUT2D eigenvalue weighted by atomic mass is 10.3. The maximum atomic E-state index is 12.7. The highest BCUT2D eigenvalue weighted by molar-refractivity contribution is 7.89. The van der Waals surface area contributed by atoms with Gasteiger partial charge in [-0.05, 0) is 12.1 Å². The van der Waals surface area contributed by atoms with Crippen molar-refractivity contribution in [3.63, 3.8) is 0 Å². The minimum atomic E-state index is -3.77. The van der Waals surface area contributed by atoms with E-state index in [1.165, 1.54) is 34.2 Å². The third-order valence-electron chi connectivity index (χ3n) is 4.13. The molecular weight excluding hydrogens is 414 g/mol. The highest BCUT2D eigenvalue weighted by atomic mass is 35.5. The number of halogens is 1. The normalized spacial score (nSPS) is 15.4. The van der Waals surface area contributed by atoms with Crippen LogP contribution >= 0.6 is 11.6 Å². The topological polar surface area (TPSA) is 121 Å². The molecule has 2 aromatic rings. The lowest BCUT2D eigenvalue weighted by Gasteiger charge is -2.25. The van der Waals surface area contributed by atoms with Crippen molar-refractivity contribution >= 4 is 33.3 Å². The molecule has 0 spiro atoms. The number of sulfonamides is 1. The molecule has 0 atom stereocenters. The van der Waals surface area contributed by atoms with Crippen molar-refractivity contribution < 1.29 is 27.6 Å². The summed E-state index contributed by atoms with van der Waals surface area (Å²) in [6.07, 6.45) is 1.32. The molecule has 0 N–H and O–H groups in total. The molecule has 0 unspecified atom stereocenters. The molecule has 0 saturated carbocycles. The molecule has 0 radical (unpaired) electrons. The lowest BCUT2D eigenvalue weighted by molar-refractivity contribution is -0.384. The smallest absolute Gasteiger partial charge is 0.360 e. The van der Waals surface area contributed by atoms with Gasteiger partial charge in [-0.2, -0.15) is 4.31 Å². The molecule has 12 heteroatoms. The van der Waals surface area contributed by atoms with Crippen LogP contribution in [0.4, 0.5) is 5.69 Å². The van der Waals surface area contributed by atoms with Crippen molar-refractivity contribution in [2.24, 2.45) is 7.05 Å². The number of esters is 1. The number of rotatable bonds is 5. The molecule has 0 amide bonds. The molecule has 1 aliphatic rings. The van der Waals surface area contributed by atoms with Gasteiger partial charge < -0.3 is 14.0 Å². The van der Waals surface area contributed by atoms with Crippen LogP contribution in [0.3, 0.4) is 0 Å². The van der Waals surface area contributed by atoms with Gasteiger partial charge in [0, 0.05) is 38.5 Å². The van der Waals surface area contributed by atoms with E-state index in [0.29, 0.717) is 13.2 Å². The Hall–Kier alpha value is -2.47. The Balaban J connectivity index is 1.83. The van der Waals surface area contributed by atoms with Crippen LogP contribution in [0.25, 0.3) is 0 Å². The van der Waals surface area contributed by atoms with Crippen molar-refractivity contribution in [3.8, 4) is 5.75 Å². The fraction of sp³-hybridized carbons (Fsp3) is 0.312. The van der Waals surface area contributed by atoms with Gasteiger partial charge in [-0.25, -0.2) is 13.2 Å². The molecule has 150 valence electrons. The summed E-state index contributed by atoms with van der Waals surface area (Å²) in [5.74, 6) is -0.919. The fourth-order valence-corrected chi connectivity index (χ4v) is 4.35. The third kappa shape index (κ3) is 4.02. The zero-order valence-corrected chi connectivity index (χ0v) is 16.3. The summed E-state index contributed by atoms with van der Waals surface area (Å²) >= 11 is 5.92. The minimum absolute atomic E-state index is 0.0127. The Morgan fingerprint density at radius 2 is 1.96 bits per heavy atom. The van der Waals surface area contributed by atoms with Crippen molar-refractivity contribution in [1.29, 1.82) is 0 Å². The number of hydrogen-bond donors (Lipinski definition) is 0. The predicted octanol–water partition coefficient (Wildman–Crippen LogP) is 1.83. The first kappa shape index (κ1) is 20.3. The monoisotopic (exact) mass is 429 g/mol. The first-order chi connectivity index (χ1) is 13.2. The standard InChI is InChI=1S/C16H16ClN3O7S/c1-18-10-12(28(24,25)19-4-6-26-7-5-19)9-14(18)16(21)27-15-3-2-11(20(22)23)8-13(15)17/h2-3,8-10H,4-7H2,1H3. The molecule has 1 fully saturated rings. The fourth-order valence-electron chi connectivity index (χ4n) is 2.65. The van der Waals surface area contributed by atoms with Crippen LogP contribution in [0, 0.1) is 10.1 Å². The lowest BCUT2D eigenvalue weighted by Crippen LogP contribution is -2.40. The Morgan fingerprint density at radius 3 is 2.57 bits per heavy atom. The van der Waals surface area contributed by atoms with Gasteiger partial charge in [-0.1, -0.05) is 11.6 Å². The van der Waals surface area contributed by atoms with Crippen LogP contribution in [0.15, 0.2) is 35.4 Å². The molecular formula is C16H16ClN3O7S. The summed E-state index contributed by atoms with van der Waals surface area (Å²) in [5, 5.41) is 10.6. The number of carbonyl (C=O) groups excluding carboxylic acids is 1. The Labute approximate surface area is 165 Å². The summed E-state index contributed by atoms with van der Waals surface area (Å²) in [6.45, 7) is 1.07.